The van der Waals surface area contributed by atoms with Crippen molar-refractivity contribution in [3.05, 3.63) is 83.6 Å². The Morgan fingerprint density at radius 3 is 2.24 bits per heavy atom. The number of nitrogens with zero attached hydrogens (tertiary/aromatic N) is 1. The summed E-state index contributed by atoms with van der Waals surface area (Å²) >= 11 is 0. The average Bonchev–Trinajstić information content (AvgIpc) is 2.72. The van der Waals surface area contributed by atoms with Crippen LogP contribution in [-0.4, -0.2) is 23.5 Å². The van der Waals surface area contributed by atoms with Gasteiger partial charge in [0.25, 0.3) is 0 Å². The average molecular weight is 393 g/mol. The minimum atomic E-state index is -0.588. The van der Waals surface area contributed by atoms with Gasteiger partial charge in [0.05, 0.1) is 11.5 Å². The lowest BCUT2D eigenvalue weighted by Gasteiger charge is -2.34. The van der Waals surface area contributed by atoms with E-state index in [4.69, 9.17) is 9.47 Å². The Hall–Kier alpha value is -3.08. The zero-order chi connectivity index (χ0) is 20.9. The van der Waals surface area contributed by atoms with E-state index >= 15 is 0 Å². The molecule has 0 saturated carbocycles. The Labute approximate surface area is 171 Å². The van der Waals surface area contributed by atoms with Crippen molar-refractivity contribution in [2.75, 3.05) is 6.54 Å². The van der Waals surface area contributed by atoms with Gasteiger partial charge in [-0.25, -0.2) is 4.79 Å². The lowest BCUT2D eigenvalue weighted by Crippen LogP contribution is -2.38. The maximum atomic E-state index is 12.8. The van der Waals surface area contributed by atoms with Crippen molar-refractivity contribution in [2.45, 2.75) is 39.8 Å². The Bertz CT molecular complexity index is 869. The molecule has 0 aromatic heterocycles. The molecule has 1 heterocycles. The highest BCUT2D eigenvalue weighted by Crippen LogP contribution is 2.31. The van der Waals surface area contributed by atoms with Gasteiger partial charge in [-0.1, -0.05) is 60.7 Å². The van der Waals surface area contributed by atoms with Gasteiger partial charge in [-0.05, 0) is 38.0 Å². The van der Waals surface area contributed by atoms with Crippen molar-refractivity contribution >= 4 is 12.1 Å². The maximum Gasteiger partial charge on any atom is 0.410 e. The van der Waals surface area contributed by atoms with E-state index in [1.54, 1.807) is 4.90 Å². The van der Waals surface area contributed by atoms with Crippen molar-refractivity contribution in [1.82, 2.24) is 4.90 Å². The summed E-state index contributed by atoms with van der Waals surface area (Å²) < 4.78 is 11.1. The molecule has 1 aliphatic heterocycles. The fourth-order valence-electron chi connectivity index (χ4n) is 3.01. The van der Waals surface area contributed by atoms with Crippen LogP contribution in [0.3, 0.4) is 0 Å². The zero-order valence-electron chi connectivity index (χ0n) is 17.1. The molecule has 0 aliphatic carbocycles. The van der Waals surface area contributed by atoms with Crippen LogP contribution in [-0.2, 0) is 20.9 Å². The SMILES string of the molecule is CC(C)(C)C(=O)OC1=C[C@H](c2ccccc2)N(C(=O)OCc2ccccc2)CC1. The Kier molecular flexibility index (Phi) is 6.37. The van der Waals surface area contributed by atoms with Gasteiger partial charge in [0.2, 0.25) is 0 Å². The second kappa shape index (κ2) is 8.95. The lowest BCUT2D eigenvalue weighted by atomic mass is 9.97. The van der Waals surface area contributed by atoms with Crippen LogP contribution in [0.4, 0.5) is 4.79 Å². The summed E-state index contributed by atoms with van der Waals surface area (Å²) in [5.41, 5.74) is 1.28. The molecule has 3 rings (SSSR count). The molecule has 29 heavy (non-hydrogen) atoms. The van der Waals surface area contributed by atoms with Gasteiger partial charge in [0.1, 0.15) is 12.4 Å². The molecule has 152 valence electrons. The van der Waals surface area contributed by atoms with E-state index in [0.717, 1.165) is 11.1 Å². The number of benzene rings is 2. The van der Waals surface area contributed by atoms with Gasteiger partial charge in [0, 0.05) is 13.0 Å². The first-order valence-electron chi connectivity index (χ1n) is 9.80. The van der Waals surface area contributed by atoms with Crippen molar-refractivity contribution in [1.29, 1.82) is 0 Å². The van der Waals surface area contributed by atoms with Crippen LogP contribution in [0.15, 0.2) is 72.5 Å². The van der Waals surface area contributed by atoms with E-state index in [2.05, 4.69) is 0 Å². The number of hydrogen-bond acceptors (Lipinski definition) is 4. The third-order valence-corrected chi connectivity index (χ3v) is 4.70. The van der Waals surface area contributed by atoms with Crippen LogP contribution in [0.2, 0.25) is 0 Å². The molecule has 0 spiro atoms. The Morgan fingerprint density at radius 2 is 1.62 bits per heavy atom. The van der Waals surface area contributed by atoms with Crippen molar-refractivity contribution < 1.29 is 19.1 Å². The van der Waals surface area contributed by atoms with Crippen LogP contribution in [0.1, 0.15) is 44.4 Å². The number of amides is 1. The van der Waals surface area contributed by atoms with E-state index in [0.29, 0.717) is 18.7 Å². The molecule has 0 saturated heterocycles. The Balaban J connectivity index is 1.77. The fourth-order valence-corrected chi connectivity index (χ4v) is 3.01. The zero-order valence-corrected chi connectivity index (χ0v) is 17.1. The summed E-state index contributed by atoms with van der Waals surface area (Å²) in [6, 6.07) is 18.9. The van der Waals surface area contributed by atoms with Crippen molar-refractivity contribution in [3.8, 4) is 0 Å². The summed E-state index contributed by atoms with van der Waals surface area (Å²) in [5.74, 6) is 0.307. The molecular weight excluding hydrogens is 366 g/mol. The van der Waals surface area contributed by atoms with Crippen LogP contribution in [0.25, 0.3) is 0 Å². The summed E-state index contributed by atoms with van der Waals surface area (Å²) in [5, 5.41) is 0. The van der Waals surface area contributed by atoms with E-state index in [1.807, 2.05) is 87.5 Å². The number of carbonyl (C=O) groups excluding carboxylic acids is 2. The van der Waals surface area contributed by atoms with E-state index in [-0.39, 0.29) is 24.7 Å². The van der Waals surface area contributed by atoms with Crippen molar-refractivity contribution in [3.63, 3.8) is 0 Å². The molecule has 2 aromatic rings. The molecule has 0 unspecified atom stereocenters. The third-order valence-electron chi connectivity index (χ3n) is 4.70. The van der Waals surface area contributed by atoms with Crippen LogP contribution in [0, 0.1) is 5.41 Å². The monoisotopic (exact) mass is 393 g/mol. The first-order valence-corrected chi connectivity index (χ1v) is 9.80. The highest BCUT2D eigenvalue weighted by atomic mass is 16.6. The van der Waals surface area contributed by atoms with Gasteiger partial charge in [-0.2, -0.15) is 0 Å². The van der Waals surface area contributed by atoms with Crippen LogP contribution < -0.4 is 0 Å². The molecule has 1 atom stereocenters. The van der Waals surface area contributed by atoms with Crippen molar-refractivity contribution in [2.24, 2.45) is 5.41 Å². The molecule has 5 nitrogen and oxygen atoms in total. The summed E-state index contributed by atoms with van der Waals surface area (Å²) in [7, 11) is 0. The normalized spacial score (nSPS) is 16.7. The van der Waals surface area contributed by atoms with Gasteiger partial charge in [-0.15, -0.1) is 0 Å². The van der Waals surface area contributed by atoms with Gasteiger partial charge < -0.3 is 9.47 Å². The minimum absolute atomic E-state index is 0.216. The molecule has 0 radical (unpaired) electrons. The number of rotatable bonds is 4. The van der Waals surface area contributed by atoms with Crippen LogP contribution >= 0.6 is 0 Å². The molecule has 5 heteroatoms. The third kappa shape index (κ3) is 5.47. The number of carbonyl (C=O) groups is 2. The smallest absolute Gasteiger partial charge is 0.410 e. The number of esters is 1. The molecule has 1 aliphatic rings. The minimum Gasteiger partial charge on any atom is -0.445 e. The quantitative estimate of drug-likeness (QED) is 0.666. The molecule has 0 bridgehead atoms. The topological polar surface area (TPSA) is 55.8 Å². The standard InChI is InChI=1S/C24H27NO4/c1-24(2,3)22(26)29-20-14-15-25(21(16-20)19-12-8-5-9-13-19)23(27)28-17-18-10-6-4-7-11-18/h4-13,16,21H,14-15,17H2,1-3H3/t21-/m1/s1. The summed E-state index contributed by atoms with van der Waals surface area (Å²) in [6.07, 6.45) is 1.91. The largest absolute Gasteiger partial charge is 0.445 e. The molecule has 2 aromatic carbocycles. The molecule has 0 N–H and O–H groups in total. The lowest BCUT2D eigenvalue weighted by molar-refractivity contribution is -0.149. The summed E-state index contributed by atoms with van der Waals surface area (Å²) in [6.45, 7) is 6.09. The molecular formula is C24H27NO4. The highest BCUT2D eigenvalue weighted by molar-refractivity contribution is 5.76. The fraction of sp³-hybridized carbons (Fsp3) is 0.333. The first kappa shape index (κ1) is 20.6. The van der Waals surface area contributed by atoms with E-state index < -0.39 is 5.41 Å². The van der Waals surface area contributed by atoms with Gasteiger partial charge >= 0.3 is 12.1 Å². The van der Waals surface area contributed by atoms with Crippen LogP contribution in [0.5, 0.6) is 0 Å². The van der Waals surface area contributed by atoms with E-state index in [1.165, 1.54) is 0 Å². The highest BCUT2D eigenvalue weighted by Gasteiger charge is 2.32. The number of ether oxygens (including phenoxy) is 2. The number of hydrogen-bond donors (Lipinski definition) is 0. The van der Waals surface area contributed by atoms with Gasteiger partial charge in [-0.3, -0.25) is 9.69 Å². The van der Waals surface area contributed by atoms with E-state index in [9.17, 15) is 9.59 Å². The second-order valence-electron chi connectivity index (χ2n) is 8.11. The summed E-state index contributed by atoms with van der Waals surface area (Å²) in [4.78, 5) is 26.8. The Morgan fingerprint density at radius 1 is 1.00 bits per heavy atom. The molecule has 0 fully saturated rings. The van der Waals surface area contributed by atoms with Gasteiger partial charge in [0.15, 0.2) is 0 Å². The predicted octanol–water partition coefficient (Wildman–Crippen LogP) is 5.24. The maximum absolute atomic E-state index is 12.8. The first-order chi connectivity index (χ1) is 13.8. The molecule has 1 amide bonds. The predicted molar refractivity (Wildman–Crippen MR) is 111 cm³/mol. The second-order valence-corrected chi connectivity index (χ2v) is 8.11.